The molecule has 0 unspecified atom stereocenters. The second kappa shape index (κ2) is 8.54. The fraction of sp³-hybridized carbons (Fsp3) is 0.333. The van der Waals surface area contributed by atoms with Gasteiger partial charge in [0.25, 0.3) is 0 Å². The fourth-order valence-electron chi connectivity index (χ4n) is 3.96. The van der Waals surface area contributed by atoms with E-state index >= 15 is 0 Å². The number of aliphatic carboxylic acids is 1. The highest BCUT2D eigenvalue weighted by atomic mass is 16.5. The molecule has 0 spiro atoms. The number of carbonyl (C=O) groups is 2. The van der Waals surface area contributed by atoms with Crippen LogP contribution < -0.4 is 5.32 Å². The van der Waals surface area contributed by atoms with E-state index in [9.17, 15) is 30.0 Å². The quantitative estimate of drug-likeness (QED) is 0.345. The number of benzene rings is 2. The summed E-state index contributed by atoms with van der Waals surface area (Å²) < 4.78 is 6.86. The molecule has 0 saturated heterocycles. The van der Waals surface area contributed by atoms with Gasteiger partial charge in [-0.1, -0.05) is 35.5 Å². The van der Waals surface area contributed by atoms with E-state index in [1.54, 1.807) is 6.07 Å². The van der Waals surface area contributed by atoms with Crippen molar-refractivity contribution in [2.75, 3.05) is 6.61 Å². The number of nitrogens with one attached hydrogen (secondary N) is 1. The van der Waals surface area contributed by atoms with Crippen LogP contribution in [-0.2, 0) is 14.3 Å². The third-order valence-electron chi connectivity index (χ3n) is 5.46. The van der Waals surface area contributed by atoms with Crippen LogP contribution in [0.3, 0.4) is 0 Å². The number of nitrogens with zero attached hydrogens (tertiary/aromatic N) is 3. The van der Waals surface area contributed by atoms with Gasteiger partial charge in [-0.15, -0.1) is 5.10 Å². The zero-order valence-electron chi connectivity index (χ0n) is 17.0. The van der Waals surface area contributed by atoms with Crippen LogP contribution in [0.15, 0.2) is 48.2 Å². The molecule has 0 fully saturated rings. The molecule has 1 aliphatic heterocycles. The van der Waals surface area contributed by atoms with Crippen LogP contribution in [0.1, 0.15) is 13.0 Å². The lowest BCUT2D eigenvalue weighted by Gasteiger charge is -2.39. The highest BCUT2D eigenvalue weighted by molar-refractivity contribution is 6.03. The van der Waals surface area contributed by atoms with Gasteiger partial charge in [-0.05, 0) is 17.5 Å². The smallest absolute Gasteiger partial charge is 0.370 e. The molecule has 1 aliphatic rings. The van der Waals surface area contributed by atoms with E-state index in [0.717, 1.165) is 10.8 Å². The average Bonchev–Trinajstić information content (AvgIpc) is 3.22. The first-order valence-corrected chi connectivity index (χ1v) is 9.90. The van der Waals surface area contributed by atoms with Crippen LogP contribution in [0.4, 0.5) is 0 Å². The van der Waals surface area contributed by atoms with Crippen molar-refractivity contribution in [2.24, 2.45) is 0 Å². The molecule has 2 heterocycles. The van der Waals surface area contributed by atoms with Crippen molar-refractivity contribution in [3.63, 3.8) is 0 Å². The van der Waals surface area contributed by atoms with Crippen molar-refractivity contribution in [2.45, 2.75) is 37.3 Å². The van der Waals surface area contributed by atoms with Crippen molar-refractivity contribution in [3.05, 3.63) is 48.2 Å². The number of rotatable bonds is 6. The van der Waals surface area contributed by atoms with Gasteiger partial charge in [-0.2, -0.15) is 0 Å². The molecule has 0 aliphatic carbocycles. The summed E-state index contributed by atoms with van der Waals surface area (Å²) in [5.74, 6) is -2.36. The summed E-state index contributed by atoms with van der Waals surface area (Å²) in [5.41, 5.74) is 1.15. The summed E-state index contributed by atoms with van der Waals surface area (Å²) in [6.45, 7) is 0.467. The lowest BCUT2D eigenvalue weighted by molar-refractivity contribution is -0.147. The average molecular weight is 442 g/mol. The molecular weight excluding hydrogens is 420 g/mol. The van der Waals surface area contributed by atoms with Crippen molar-refractivity contribution in [1.29, 1.82) is 0 Å². The number of hydrogen-bond acceptors (Lipinski definition) is 8. The van der Waals surface area contributed by atoms with Crippen LogP contribution >= 0.6 is 0 Å². The van der Waals surface area contributed by atoms with Gasteiger partial charge in [-0.25, -0.2) is 9.48 Å². The van der Waals surface area contributed by atoms with Gasteiger partial charge in [0.15, 0.2) is 0 Å². The fourth-order valence-corrected chi connectivity index (χ4v) is 3.96. The number of amides is 1. The second-order valence-electron chi connectivity index (χ2n) is 7.56. The minimum absolute atomic E-state index is 0.471. The van der Waals surface area contributed by atoms with Crippen LogP contribution in [0, 0.1) is 0 Å². The monoisotopic (exact) mass is 442 g/mol. The van der Waals surface area contributed by atoms with E-state index in [0.29, 0.717) is 11.0 Å². The Kier molecular flexibility index (Phi) is 5.78. The predicted molar refractivity (Wildman–Crippen MR) is 111 cm³/mol. The molecule has 1 amide bonds. The van der Waals surface area contributed by atoms with Gasteiger partial charge >= 0.3 is 5.97 Å². The van der Waals surface area contributed by atoms with Crippen molar-refractivity contribution < 1.29 is 34.8 Å². The van der Waals surface area contributed by atoms with Crippen molar-refractivity contribution in [1.82, 2.24) is 20.3 Å². The lowest BCUT2D eigenvalue weighted by Crippen LogP contribution is -2.58. The maximum absolute atomic E-state index is 11.9. The van der Waals surface area contributed by atoms with Gasteiger partial charge in [0, 0.05) is 12.3 Å². The molecule has 0 radical (unpaired) electrons. The number of hydrogen-bond donors (Lipinski definition) is 5. The third kappa shape index (κ3) is 3.77. The number of fused-ring (bicyclic) bond motifs is 3. The van der Waals surface area contributed by atoms with Gasteiger partial charge in [-0.3, -0.25) is 4.79 Å². The van der Waals surface area contributed by atoms with E-state index in [1.165, 1.54) is 17.7 Å². The Morgan fingerprint density at radius 1 is 1.22 bits per heavy atom. The minimum Gasteiger partial charge on any atom is -0.478 e. The van der Waals surface area contributed by atoms with E-state index < -0.39 is 54.6 Å². The molecule has 0 bridgehead atoms. The Morgan fingerprint density at radius 2 is 1.97 bits per heavy atom. The van der Waals surface area contributed by atoms with Crippen LogP contribution in [-0.4, -0.2) is 78.3 Å². The van der Waals surface area contributed by atoms with Crippen molar-refractivity contribution in [3.8, 4) is 0 Å². The first kappa shape index (κ1) is 21.7. The molecule has 168 valence electrons. The summed E-state index contributed by atoms with van der Waals surface area (Å²) in [6.07, 6.45) is -3.44. The second-order valence-corrected chi connectivity index (χ2v) is 7.56. The Bertz CT molecular complexity index is 1210. The van der Waals surface area contributed by atoms with Gasteiger partial charge in [0.1, 0.15) is 29.9 Å². The molecule has 2 aromatic carbocycles. The molecule has 11 heteroatoms. The number of carbonyl (C=O) groups excluding carboxylic acids is 1. The molecule has 1 aromatic heterocycles. The summed E-state index contributed by atoms with van der Waals surface area (Å²) in [6, 6.07) is 9.26. The SMILES string of the molecule is CC(=O)N[C@H]1[C@H]([C@H](O)[C@H](O)CO)OC(C(=O)O)=C[C@@H]1n1nnc2c3ccccc3ccc21. The summed E-state index contributed by atoms with van der Waals surface area (Å²) >= 11 is 0. The number of ether oxygens (including phenoxy) is 1. The first-order valence-electron chi connectivity index (χ1n) is 9.90. The number of aromatic nitrogens is 3. The van der Waals surface area contributed by atoms with Crippen LogP contribution in [0.2, 0.25) is 0 Å². The predicted octanol–water partition coefficient (Wildman–Crippen LogP) is -0.288. The third-order valence-corrected chi connectivity index (χ3v) is 5.46. The number of aliphatic hydroxyl groups is 3. The van der Waals surface area contributed by atoms with Gasteiger partial charge in [0.2, 0.25) is 11.7 Å². The molecule has 5 N–H and O–H groups in total. The van der Waals surface area contributed by atoms with Gasteiger partial charge < -0.3 is 30.5 Å². The molecular formula is C21H22N4O7. The maximum Gasteiger partial charge on any atom is 0.370 e. The molecule has 0 saturated carbocycles. The van der Waals surface area contributed by atoms with E-state index in [4.69, 9.17) is 4.74 Å². The Labute approximate surface area is 181 Å². The summed E-state index contributed by atoms with van der Waals surface area (Å²) in [4.78, 5) is 23.7. The number of carboxylic acids is 1. The Balaban J connectivity index is 1.88. The zero-order valence-corrected chi connectivity index (χ0v) is 17.0. The van der Waals surface area contributed by atoms with E-state index in [2.05, 4.69) is 15.6 Å². The van der Waals surface area contributed by atoms with Crippen LogP contribution in [0.25, 0.3) is 21.8 Å². The highest BCUT2D eigenvalue weighted by Gasteiger charge is 2.45. The first-order chi connectivity index (χ1) is 15.3. The van der Waals surface area contributed by atoms with E-state index in [1.807, 2.05) is 30.3 Å². The van der Waals surface area contributed by atoms with Crippen LogP contribution in [0.5, 0.6) is 0 Å². The Morgan fingerprint density at radius 3 is 2.66 bits per heavy atom. The molecule has 3 aromatic rings. The Hall–Kier alpha value is -3.54. The van der Waals surface area contributed by atoms with Crippen molar-refractivity contribution >= 4 is 33.7 Å². The largest absolute Gasteiger partial charge is 0.478 e. The summed E-state index contributed by atoms with van der Waals surface area (Å²) in [5, 5.41) is 52.2. The van der Waals surface area contributed by atoms with E-state index in [-0.39, 0.29) is 0 Å². The maximum atomic E-state index is 11.9. The molecule has 4 rings (SSSR count). The molecule has 32 heavy (non-hydrogen) atoms. The standard InChI is InChI=1S/C21H22N4O7/c1-10(27)22-18-14(8-16(21(30)31)32-20(18)19(29)15(28)9-26)25-13-7-6-11-4-2-3-5-12(11)17(13)23-24-25/h2-8,14-15,18-20,26,28-29H,9H2,1H3,(H,22,27)(H,30,31)/t14-,15+,18+,19+,20+/m0/s1. The normalized spacial score (nSPS) is 22.8. The number of aliphatic hydroxyl groups excluding tert-OH is 3. The topological polar surface area (TPSA) is 167 Å². The zero-order chi connectivity index (χ0) is 23.0. The number of carboxylic acid groups (broad SMARTS) is 1. The molecule has 5 atom stereocenters. The molecule has 11 nitrogen and oxygen atoms in total. The minimum atomic E-state index is -1.70. The summed E-state index contributed by atoms with van der Waals surface area (Å²) in [7, 11) is 0. The highest BCUT2D eigenvalue weighted by Crippen LogP contribution is 2.33. The lowest BCUT2D eigenvalue weighted by atomic mass is 9.92. The van der Waals surface area contributed by atoms with Gasteiger partial charge in [0.05, 0.1) is 18.2 Å².